The Labute approximate surface area is 123 Å². The maximum absolute atomic E-state index is 13.6. The van der Waals surface area contributed by atoms with Crippen LogP contribution in [0.25, 0.3) is 11.1 Å². The third kappa shape index (κ3) is 3.42. The van der Waals surface area contributed by atoms with Gasteiger partial charge < -0.3 is 10.5 Å². The smallest absolute Gasteiger partial charge is 0.148 e. The average molecular weight is 294 g/mol. The van der Waals surface area contributed by atoms with Gasteiger partial charge in [0.1, 0.15) is 11.6 Å². The first-order valence-corrected chi connectivity index (χ1v) is 6.83. The zero-order chi connectivity index (χ0) is 14.7. The predicted octanol–water partition coefficient (Wildman–Crippen LogP) is 4.76. The topological polar surface area (TPSA) is 35.2 Å². The van der Waals surface area contributed by atoms with Gasteiger partial charge >= 0.3 is 0 Å². The van der Waals surface area contributed by atoms with Crippen LogP contribution in [-0.2, 0) is 0 Å². The molecular weight excluding hydrogens is 277 g/mol. The van der Waals surface area contributed by atoms with Gasteiger partial charge in [0.05, 0.1) is 17.3 Å². The molecule has 0 amide bonds. The number of benzene rings is 2. The van der Waals surface area contributed by atoms with E-state index in [2.05, 4.69) is 13.8 Å². The van der Waals surface area contributed by atoms with E-state index in [9.17, 15) is 4.39 Å². The number of hydrogen-bond acceptors (Lipinski definition) is 2. The van der Waals surface area contributed by atoms with Crippen molar-refractivity contribution < 1.29 is 9.13 Å². The molecule has 0 saturated carbocycles. The molecule has 0 atom stereocenters. The van der Waals surface area contributed by atoms with Crippen LogP contribution in [0.4, 0.5) is 10.1 Å². The Kier molecular flexibility index (Phi) is 4.50. The molecule has 0 radical (unpaired) electrons. The van der Waals surface area contributed by atoms with Crippen molar-refractivity contribution in [3.8, 4) is 16.9 Å². The summed E-state index contributed by atoms with van der Waals surface area (Å²) in [5.41, 5.74) is 7.00. The van der Waals surface area contributed by atoms with Gasteiger partial charge in [-0.1, -0.05) is 37.6 Å². The molecule has 0 aliphatic rings. The molecule has 2 N–H and O–H groups in total. The summed E-state index contributed by atoms with van der Waals surface area (Å²) in [5, 5.41) is 0.216. The molecule has 0 aromatic heterocycles. The highest BCUT2D eigenvalue weighted by Gasteiger charge is 2.08. The van der Waals surface area contributed by atoms with E-state index in [1.165, 1.54) is 6.07 Å². The van der Waals surface area contributed by atoms with Crippen molar-refractivity contribution in [1.29, 1.82) is 0 Å². The SMILES string of the molecule is CC(C)COc1cccc(-c2cc(F)c(N)c(Cl)c2)c1. The highest BCUT2D eigenvalue weighted by Crippen LogP contribution is 2.31. The van der Waals surface area contributed by atoms with E-state index in [-0.39, 0.29) is 10.7 Å². The highest BCUT2D eigenvalue weighted by molar-refractivity contribution is 6.33. The minimum atomic E-state index is -0.513. The van der Waals surface area contributed by atoms with Gasteiger partial charge in [-0.3, -0.25) is 0 Å². The number of nitrogen functional groups attached to an aromatic ring is 1. The van der Waals surface area contributed by atoms with Crippen LogP contribution in [0.15, 0.2) is 36.4 Å². The number of anilines is 1. The Bertz CT molecular complexity index is 590. The third-order valence-corrected chi connectivity index (χ3v) is 3.14. The van der Waals surface area contributed by atoms with Gasteiger partial charge in [-0.2, -0.15) is 0 Å². The molecule has 0 aliphatic heterocycles. The molecule has 2 nitrogen and oxygen atoms in total. The molecule has 0 bridgehead atoms. The Balaban J connectivity index is 2.31. The zero-order valence-corrected chi connectivity index (χ0v) is 12.2. The van der Waals surface area contributed by atoms with Crippen LogP contribution in [0.1, 0.15) is 13.8 Å². The number of rotatable bonds is 4. The van der Waals surface area contributed by atoms with E-state index < -0.39 is 5.82 Å². The maximum Gasteiger partial charge on any atom is 0.148 e. The second-order valence-electron chi connectivity index (χ2n) is 5.09. The van der Waals surface area contributed by atoms with Gasteiger partial charge in [0, 0.05) is 0 Å². The van der Waals surface area contributed by atoms with Crippen LogP contribution in [-0.4, -0.2) is 6.61 Å². The molecule has 0 spiro atoms. The lowest BCUT2D eigenvalue weighted by Gasteiger charge is -2.11. The molecular formula is C16H17ClFNO. The van der Waals surface area contributed by atoms with Crippen LogP contribution in [0.5, 0.6) is 5.75 Å². The summed E-state index contributed by atoms with van der Waals surface area (Å²) in [6, 6.07) is 10.5. The predicted molar refractivity (Wildman–Crippen MR) is 81.6 cm³/mol. The summed E-state index contributed by atoms with van der Waals surface area (Å²) in [7, 11) is 0. The molecule has 106 valence electrons. The molecule has 0 saturated heterocycles. The Morgan fingerprint density at radius 3 is 2.60 bits per heavy atom. The lowest BCUT2D eigenvalue weighted by atomic mass is 10.0. The first-order chi connectivity index (χ1) is 9.47. The highest BCUT2D eigenvalue weighted by atomic mass is 35.5. The quantitative estimate of drug-likeness (QED) is 0.825. The van der Waals surface area contributed by atoms with Crippen LogP contribution in [0, 0.1) is 11.7 Å². The molecule has 2 rings (SSSR count). The van der Waals surface area contributed by atoms with Gasteiger partial charge in [-0.25, -0.2) is 4.39 Å². The molecule has 0 fully saturated rings. The molecule has 2 aromatic rings. The summed E-state index contributed by atoms with van der Waals surface area (Å²) < 4.78 is 19.3. The van der Waals surface area contributed by atoms with Crippen LogP contribution in [0.2, 0.25) is 5.02 Å². The van der Waals surface area contributed by atoms with E-state index in [1.807, 2.05) is 24.3 Å². The molecule has 0 unspecified atom stereocenters. The second-order valence-corrected chi connectivity index (χ2v) is 5.49. The summed E-state index contributed by atoms with van der Waals surface area (Å²) in [6.45, 7) is 4.80. The largest absolute Gasteiger partial charge is 0.493 e. The van der Waals surface area contributed by atoms with Gasteiger partial charge in [-0.15, -0.1) is 0 Å². The van der Waals surface area contributed by atoms with E-state index in [0.29, 0.717) is 18.1 Å². The van der Waals surface area contributed by atoms with E-state index in [0.717, 1.165) is 11.3 Å². The van der Waals surface area contributed by atoms with Crippen LogP contribution in [0.3, 0.4) is 0 Å². The average Bonchev–Trinajstić information content (AvgIpc) is 2.42. The van der Waals surface area contributed by atoms with Crippen molar-refractivity contribution in [2.24, 2.45) is 5.92 Å². The maximum atomic E-state index is 13.6. The summed E-state index contributed by atoms with van der Waals surface area (Å²) in [5.74, 6) is 0.688. The Morgan fingerprint density at radius 1 is 1.20 bits per heavy atom. The number of hydrogen-bond donors (Lipinski definition) is 1. The first-order valence-electron chi connectivity index (χ1n) is 6.45. The van der Waals surface area contributed by atoms with E-state index >= 15 is 0 Å². The molecule has 2 aromatic carbocycles. The summed E-state index contributed by atoms with van der Waals surface area (Å²) >= 11 is 5.92. The minimum absolute atomic E-state index is 0.0253. The molecule has 4 heteroatoms. The zero-order valence-electron chi connectivity index (χ0n) is 11.5. The van der Waals surface area contributed by atoms with E-state index in [1.54, 1.807) is 6.07 Å². The first kappa shape index (κ1) is 14.7. The normalized spacial score (nSPS) is 10.8. The fourth-order valence-electron chi connectivity index (χ4n) is 1.78. The van der Waals surface area contributed by atoms with E-state index in [4.69, 9.17) is 22.1 Å². The van der Waals surface area contributed by atoms with Crippen molar-refractivity contribution in [1.82, 2.24) is 0 Å². The van der Waals surface area contributed by atoms with Crippen LogP contribution < -0.4 is 10.5 Å². The molecule has 20 heavy (non-hydrogen) atoms. The minimum Gasteiger partial charge on any atom is -0.493 e. The Morgan fingerprint density at radius 2 is 1.95 bits per heavy atom. The van der Waals surface area contributed by atoms with Crippen molar-refractivity contribution in [3.05, 3.63) is 47.2 Å². The van der Waals surface area contributed by atoms with Crippen molar-refractivity contribution in [3.63, 3.8) is 0 Å². The van der Waals surface area contributed by atoms with Crippen molar-refractivity contribution in [2.75, 3.05) is 12.3 Å². The lowest BCUT2D eigenvalue weighted by molar-refractivity contribution is 0.271. The van der Waals surface area contributed by atoms with Crippen molar-refractivity contribution >= 4 is 17.3 Å². The molecule has 0 aliphatic carbocycles. The van der Waals surface area contributed by atoms with Gasteiger partial charge in [-0.05, 0) is 41.3 Å². The van der Waals surface area contributed by atoms with Gasteiger partial charge in [0.15, 0.2) is 0 Å². The fourth-order valence-corrected chi connectivity index (χ4v) is 1.99. The third-order valence-electron chi connectivity index (χ3n) is 2.83. The number of halogens is 2. The number of ether oxygens (including phenoxy) is 1. The standard InChI is InChI=1S/C16H17ClFNO/c1-10(2)9-20-13-5-3-4-11(6-13)12-7-14(17)16(19)15(18)8-12/h3-8,10H,9,19H2,1-2H3. The fraction of sp³-hybridized carbons (Fsp3) is 0.250. The van der Waals surface area contributed by atoms with Gasteiger partial charge in [0.25, 0.3) is 0 Å². The second kappa shape index (κ2) is 6.14. The summed E-state index contributed by atoms with van der Waals surface area (Å²) in [6.07, 6.45) is 0. The molecule has 0 heterocycles. The lowest BCUT2D eigenvalue weighted by Crippen LogP contribution is -2.04. The van der Waals surface area contributed by atoms with Crippen LogP contribution >= 0.6 is 11.6 Å². The summed E-state index contributed by atoms with van der Waals surface area (Å²) in [4.78, 5) is 0. The number of nitrogens with two attached hydrogens (primary N) is 1. The monoisotopic (exact) mass is 293 g/mol. The Hall–Kier alpha value is -1.74. The van der Waals surface area contributed by atoms with Crippen molar-refractivity contribution in [2.45, 2.75) is 13.8 Å². The van der Waals surface area contributed by atoms with Gasteiger partial charge in [0.2, 0.25) is 0 Å².